The molecule has 152 valence electrons. The van der Waals surface area contributed by atoms with Crippen LogP contribution in [0.25, 0.3) is 21.7 Å². The van der Waals surface area contributed by atoms with E-state index in [9.17, 15) is 35.1 Å². The molecule has 4 N–H and O–H groups in total. The monoisotopic (exact) mass is 403 g/mol. The first kappa shape index (κ1) is 19.2. The Morgan fingerprint density at radius 1 is 0.966 bits per heavy atom. The molecule has 1 saturated heterocycles. The summed E-state index contributed by atoms with van der Waals surface area (Å²) >= 11 is 0. The molecule has 4 rings (SSSR count). The molecule has 1 aliphatic heterocycles. The number of phenols is 1. The van der Waals surface area contributed by atoms with Crippen LogP contribution in [0.2, 0.25) is 0 Å². The van der Waals surface area contributed by atoms with Gasteiger partial charge in [0.05, 0.1) is 11.4 Å². The van der Waals surface area contributed by atoms with E-state index in [0.29, 0.717) is 10.8 Å². The summed E-state index contributed by atoms with van der Waals surface area (Å²) in [5.74, 6) is -1.82. The highest BCUT2D eigenvalue weighted by atomic mass is 16.7. The molecule has 5 atom stereocenters. The minimum Gasteiger partial charge on any atom is -0.547 e. The van der Waals surface area contributed by atoms with Crippen molar-refractivity contribution in [2.75, 3.05) is 0 Å². The summed E-state index contributed by atoms with van der Waals surface area (Å²) < 4.78 is 15.7. The number of fused-ring (bicyclic) bond motifs is 3. The van der Waals surface area contributed by atoms with Crippen LogP contribution in [0.3, 0.4) is 0 Å². The van der Waals surface area contributed by atoms with Crippen molar-refractivity contribution in [3.63, 3.8) is 0 Å². The minimum absolute atomic E-state index is 0.0449. The van der Waals surface area contributed by atoms with Gasteiger partial charge in [0.25, 0.3) is 0 Å². The van der Waals surface area contributed by atoms with Gasteiger partial charge in [-0.2, -0.15) is 0 Å². The molecule has 0 amide bonds. The smallest absolute Gasteiger partial charge is 0.344 e. The van der Waals surface area contributed by atoms with Gasteiger partial charge in [0.15, 0.2) is 0 Å². The maximum absolute atomic E-state index is 12.2. The van der Waals surface area contributed by atoms with Crippen LogP contribution in [0, 0.1) is 0 Å². The number of aliphatic hydroxyl groups excluding tert-OH is 3. The van der Waals surface area contributed by atoms with Crippen molar-refractivity contribution in [3.8, 4) is 11.5 Å². The van der Waals surface area contributed by atoms with E-state index < -0.39 is 42.3 Å². The Bertz CT molecular complexity index is 1150. The number of carbonyl (C=O) groups is 1. The molecule has 0 spiro atoms. The van der Waals surface area contributed by atoms with Gasteiger partial charge in [0, 0.05) is 16.8 Å². The standard InChI is InChI=1S/C19H16O10/c20-7-1-3-9-10-4-2-8(6-12(10)28-18(26)11(9)5-7)27-19-15(23)13(21)14(22)16(29-19)17(24)25/h1-6,13-16,19-23H,(H,24,25)/p-1/t13-,14-,15+,16-,19+/m0/s1. The number of ether oxygens (including phenoxy) is 2. The Balaban J connectivity index is 1.70. The maximum atomic E-state index is 12.2. The van der Waals surface area contributed by atoms with Gasteiger partial charge in [0.1, 0.15) is 41.5 Å². The lowest BCUT2D eigenvalue weighted by Crippen LogP contribution is -2.63. The lowest BCUT2D eigenvalue weighted by Gasteiger charge is -2.40. The molecule has 0 aliphatic carbocycles. The van der Waals surface area contributed by atoms with Crippen molar-refractivity contribution >= 4 is 27.7 Å². The fraction of sp³-hybridized carbons (Fsp3) is 0.263. The van der Waals surface area contributed by atoms with Crippen LogP contribution in [0.1, 0.15) is 0 Å². The fourth-order valence-electron chi connectivity index (χ4n) is 3.25. The molecule has 10 heteroatoms. The topological polar surface area (TPSA) is 170 Å². The molecule has 3 aromatic rings. The molecule has 1 fully saturated rings. The van der Waals surface area contributed by atoms with E-state index in [4.69, 9.17) is 13.9 Å². The van der Waals surface area contributed by atoms with Crippen molar-refractivity contribution in [2.24, 2.45) is 0 Å². The summed E-state index contributed by atoms with van der Waals surface area (Å²) in [7, 11) is 0. The highest BCUT2D eigenvalue weighted by Crippen LogP contribution is 2.30. The molecule has 2 aromatic carbocycles. The first-order chi connectivity index (χ1) is 13.8. The Morgan fingerprint density at radius 3 is 2.41 bits per heavy atom. The summed E-state index contributed by atoms with van der Waals surface area (Å²) in [6.07, 6.45) is -9.02. The summed E-state index contributed by atoms with van der Waals surface area (Å²) in [6, 6.07) is 8.60. The highest BCUT2D eigenvalue weighted by molar-refractivity contribution is 6.04. The zero-order valence-corrected chi connectivity index (χ0v) is 14.6. The van der Waals surface area contributed by atoms with Gasteiger partial charge in [-0.15, -0.1) is 0 Å². The van der Waals surface area contributed by atoms with Crippen LogP contribution in [-0.4, -0.2) is 57.1 Å². The average molecular weight is 403 g/mol. The number of aliphatic carboxylic acids is 1. The molecule has 1 aromatic heterocycles. The zero-order valence-electron chi connectivity index (χ0n) is 14.6. The number of hydrogen-bond donors (Lipinski definition) is 4. The molecule has 10 nitrogen and oxygen atoms in total. The minimum atomic E-state index is -1.91. The molecule has 0 radical (unpaired) electrons. The summed E-state index contributed by atoms with van der Waals surface area (Å²) in [5, 5.41) is 51.4. The van der Waals surface area contributed by atoms with Gasteiger partial charge >= 0.3 is 5.63 Å². The van der Waals surface area contributed by atoms with Crippen LogP contribution < -0.4 is 15.5 Å². The highest BCUT2D eigenvalue weighted by Gasteiger charge is 2.45. The maximum Gasteiger partial charge on any atom is 0.344 e. The summed E-state index contributed by atoms with van der Waals surface area (Å²) in [4.78, 5) is 23.2. The SMILES string of the molecule is O=C([O-])[C@H]1O[C@@H](Oc2ccc3c(c2)oc(=O)c2cc(O)ccc23)[C@H](O)[C@@H](O)[C@@H]1O. The first-order valence-corrected chi connectivity index (χ1v) is 8.53. The van der Waals surface area contributed by atoms with Crippen LogP contribution in [-0.2, 0) is 9.53 Å². The number of carboxylic acids is 1. The second kappa shape index (κ2) is 7.01. The van der Waals surface area contributed by atoms with Gasteiger partial charge in [-0.25, -0.2) is 4.79 Å². The van der Waals surface area contributed by atoms with Crippen LogP contribution >= 0.6 is 0 Å². The van der Waals surface area contributed by atoms with E-state index >= 15 is 0 Å². The van der Waals surface area contributed by atoms with Crippen LogP contribution in [0.15, 0.2) is 45.6 Å². The van der Waals surface area contributed by atoms with Crippen molar-refractivity contribution < 1.29 is 44.2 Å². The third-order valence-corrected chi connectivity index (χ3v) is 4.72. The quantitative estimate of drug-likeness (QED) is 0.301. The molecular formula is C19H15O10-. The third kappa shape index (κ3) is 3.28. The molecular weight excluding hydrogens is 388 g/mol. The normalized spacial score (nSPS) is 27.2. The van der Waals surface area contributed by atoms with E-state index in [1.54, 1.807) is 12.1 Å². The van der Waals surface area contributed by atoms with Crippen molar-refractivity contribution in [2.45, 2.75) is 30.7 Å². The molecule has 0 saturated carbocycles. The third-order valence-electron chi connectivity index (χ3n) is 4.72. The fourth-order valence-corrected chi connectivity index (χ4v) is 3.25. The van der Waals surface area contributed by atoms with Gasteiger partial charge in [-0.3, -0.25) is 0 Å². The number of benzene rings is 2. The summed E-state index contributed by atoms with van der Waals surface area (Å²) in [6.45, 7) is 0. The van der Waals surface area contributed by atoms with E-state index in [1.165, 1.54) is 24.3 Å². The van der Waals surface area contributed by atoms with E-state index in [2.05, 4.69) is 0 Å². The van der Waals surface area contributed by atoms with Gasteiger partial charge in [-0.05, 0) is 30.3 Å². The predicted molar refractivity (Wildman–Crippen MR) is 94.0 cm³/mol. The molecule has 0 bridgehead atoms. The van der Waals surface area contributed by atoms with E-state index in [-0.39, 0.29) is 22.5 Å². The number of aromatic hydroxyl groups is 1. The van der Waals surface area contributed by atoms with Crippen LogP contribution in [0.5, 0.6) is 11.5 Å². The second-order valence-electron chi connectivity index (χ2n) is 6.61. The largest absolute Gasteiger partial charge is 0.547 e. The number of carboxylic acid groups (broad SMARTS) is 1. The van der Waals surface area contributed by atoms with Gasteiger partial charge in [0.2, 0.25) is 6.29 Å². The van der Waals surface area contributed by atoms with Crippen LogP contribution in [0.4, 0.5) is 0 Å². The lowest BCUT2D eigenvalue weighted by molar-refractivity contribution is -0.342. The van der Waals surface area contributed by atoms with Gasteiger partial charge in [-0.1, -0.05) is 0 Å². The molecule has 2 heterocycles. The Hall–Kier alpha value is -3.18. The van der Waals surface area contributed by atoms with E-state index in [1.807, 2.05) is 0 Å². The lowest BCUT2D eigenvalue weighted by atomic mass is 9.99. The summed E-state index contributed by atoms with van der Waals surface area (Å²) in [5.41, 5.74) is -0.557. The Kier molecular flexibility index (Phi) is 4.63. The zero-order chi connectivity index (χ0) is 20.9. The van der Waals surface area contributed by atoms with Crippen molar-refractivity contribution in [1.29, 1.82) is 0 Å². The van der Waals surface area contributed by atoms with Crippen molar-refractivity contribution in [1.82, 2.24) is 0 Å². The molecule has 1 aliphatic rings. The predicted octanol–water partition coefficient (Wildman–Crippen LogP) is -1.41. The number of aliphatic hydroxyl groups is 3. The van der Waals surface area contributed by atoms with Crippen molar-refractivity contribution in [3.05, 3.63) is 46.8 Å². The molecule has 29 heavy (non-hydrogen) atoms. The van der Waals surface area contributed by atoms with E-state index in [0.717, 1.165) is 0 Å². The number of rotatable bonds is 3. The first-order valence-electron chi connectivity index (χ1n) is 8.53. The number of phenolic OH excluding ortho intramolecular Hbond substituents is 1. The number of hydrogen-bond acceptors (Lipinski definition) is 10. The Labute approximate surface area is 161 Å². The number of carbonyl (C=O) groups excluding carboxylic acids is 1. The average Bonchev–Trinajstić information content (AvgIpc) is 2.68. The van der Waals surface area contributed by atoms with Gasteiger partial charge < -0.3 is 44.2 Å². The molecule has 0 unspecified atom stereocenters. The second-order valence-corrected chi connectivity index (χ2v) is 6.61. The Morgan fingerprint density at radius 2 is 1.69 bits per heavy atom.